The molecule has 0 bridgehead atoms. The van der Waals surface area contributed by atoms with Gasteiger partial charge in [-0.2, -0.15) is 0 Å². The monoisotopic (exact) mass is 267 g/mol. The lowest BCUT2D eigenvalue weighted by atomic mass is 10.1. The Morgan fingerprint density at radius 3 is 2.85 bits per heavy atom. The number of nitrogens with one attached hydrogen (secondary N) is 2. The number of fused-ring (bicyclic) bond motifs is 1. The van der Waals surface area contributed by atoms with Gasteiger partial charge >= 0.3 is 0 Å². The van der Waals surface area contributed by atoms with Crippen LogP contribution in [0, 0.1) is 6.92 Å². The first kappa shape index (κ1) is 12.5. The Balaban J connectivity index is 1.85. The fourth-order valence-corrected chi connectivity index (χ4v) is 2.35. The van der Waals surface area contributed by atoms with E-state index in [4.69, 9.17) is 0 Å². The topological polar surface area (TPSA) is 60.9 Å². The normalized spacial score (nSPS) is 12.5. The third kappa shape index (κ3) is 2.45. The Labute approximate surface area is 117 Å². The molecule has 0 radical (unpaired) electrons. The summed E-state index contributed by atoms with van der Waals surface area (Å²) in [6, 6.07) is 13.5. The standard InChI is InChI=1S/C16H17N3O/c1-10(12-4-3-5-14(20)8-12)17-13-6-7-15-16(9-13)19-11(2)18-15/h3-10,17,20H,1-2H3,(H,18,19). The van der Waals surface area contributed by atoms with Crippen molar-refractivity contribution in [2.45, 2.75) is 19.9 Å². The summed E-state index contributed by atoms with van der Waals surface area (Å²) >= 11 is 0. The summed E-state index contributed by atoms with van der Waals surface area (Å²) in [5.74, 6) is 1.20. The van der Waals surface area contributed by atoms with Crippen molar-refractivity contribution in [3.8, 4) is 5.75 Å². The molecule has 1 unspecified atom stereocenters. The third-order valence-corrected chi connectivity index (χ3v) is 3.35. The van der Waals surface area contributed by atoms with Gasteiger partial charge in [-0.3, -0.25) is 0 Å². The largest absolute Gasteiger partial charge is 0.508 e. The number of anilines is 1. The van der Waals surface area contributed by atoms with E-state index in [0.29, 0.717) is 0 Å². The minimum absolute atomic E-state index is 0.114. The minimum atomic E-state index is 0.114. The number of benzene rings is 2. The first-order chi connectivity index (χ1) is 9.61. The summed E-state index contributed by atoms with van der Waals surface area (Å²) < 4.78 is 0. The van der Waals surface area contributed by atoms with E-state index >= 15 is 0 Å². The second kappa shape index (κ2) is 4.89. The number of aromatic amines is 1. The van der Waals surface area contributed by atoms with E-state index in [9.17, 15) is 5.11 Å². The highest BCUT2D eigenvalue weighted by atomic mass is 16.3. The number of imidazole rings is 1. The molecule has 0 aliphatic rings. The van der Waals surface area contributed by atoms with Crippen molar-refractivity contribution >= 4 is 16.7 Å². The van der Waals surface area contributed by atoms with Gasteiger partial charge in [-0.05, 0) is 49.7 Å². The van der Waals surface area contributed by atoms with E-state index in [-0.39, 0.29) is 11.8 Å². The quantitative estimate of drug-likeness (QED) is 0.677. The number of aromatic nitrogens is 2. The molecule has 0 fully saturated rings. The highest BCUT2D eigenvalue weighted by molar-refractivity contribution is 5.79. The summed E-state index contributed by atoms with van der Waals surface area (Å²) in [5.41, 5.74) is 4.07. The van der Waals surface area contributed by atoms with Crippen molar-refractivity contribution < 1.29 is 5.11 Å². The molecule has 102 valence electrons. The molecule has 0 saturated carbocycles. The second-order valence-electron chi connectivity index (χ2n) is 5.02. The molecule has 0 aliphatic carbocycles. The summed E-state index contributed by atoms with van der Waals surface area (Å²) in [5, 5.41) is 13.0. The molecule has 4 heteroatoms. The minimum Gasteiger partial charge on any atom is -0.508 e. The fourth-order valence-electron chi connectivity index (χ4n) is 2.35. The fraction of sp³-hybridized carbons (Fsp3) is 0.188. The lowest BCUT2D eigenvalue weighted by molar-refractivity contribution is 0.474. The van der Waals surface area contributed by atoms with Crippen LogP contribution in [0.2, 0.25) is 0 Å². The van der Waals surface area contributed by atoms with Crippen LogP contribution < -0.4 is 5.32 Å². The van der Waals surface area contributed by atoms with Gasteiger partial charge in [-0.1, -0.05) is 12.1 Å². The highest BCUT2D eigenvalue weighted by Gasteiger charge is 2.07. The lowest BCUT2D eigenvalue weighted by Gasteiger charge is -2.16. The Kier molecular flexibility index (Phi) is 3.06. The molecule has 0 saturated heterocycles. The molecule has 20 heavy (non-hydrogen) atoms. The molecule has 2 aromatic carbocycles. The van der Waals surface area contributed by atoms with Gasteiger partial charge in [0.2, 0.25) is 0 Å². The van der Waals surface area contributed by atoms with E-state index in [2.05, 4.69) is 28.3 Å². The van der Waals surface area contributed by atoms with Crippen molar-refractivity contribution in [2.75, 3.05) is 5.32 Å². The van der Waals surface area contributed by atoms with Gasteiger partial charge in [0, 0.05) is 11.7 Å². The lowest BCUT2D eigenvalue weighted by Crippen LogP contribution is -2.06. The first-order valence-corrected chi connectivity index (χ1v) is 6.63. The van der Waals surface area contributed by atoms with E-state index in [0.717, 1.165) is 28.1 Å². The summed E-state index contributed by atoms with van der Waals surface area (Å²) in [6.07, 6.45) is 0. The van der Waals surface area contributed by atoms with Crippen molar-refractivity contribution in [3.05, 3.63) is 53.9 Å². The number of hydrogen-bond donors (Lipinski definition) is 3. The van der Waals surface area contributed by atoms with E-state index < -0.39 is 0 Å². The molecule has 1 aromatic heterocycles. The molecule has 3 rings (SSSR count). The van der Waals surface area contributed by atoms with E-state index in [1.807, 2.05) is 31.2 Å². The average molecular weight is 267 g/mol. The van der Waals surface area contributed by atoms with Crippen LogP contribution in [-0.2, 0) is 0 Å². The first-order valence-electron chi connectivity index (χ1n) is 6.63. The van der Waals surface area contributed by atoms with E-state index in [1.165, 1.54) is 0 Å². The van der Waals surface area contributed by atoms with Gasteiger partial charge in [0.1, 0.15) is 11.6 Å². The number of nitrogens with zero attached hydrogens (tertiary/aromatic N) is 1. The number of aryl methyl sites for hydroxylation is 1. The van der Waals surface area contributed by atoms with Crippen molar-refractivity contribution in [2.24, 2.45) is 0 Å². The Hall–Kier alpha value is -2.49. The van der Waals surface area contributed by atoms with Gasteiger partial charge in [0.15, 0.2) is 0 Å². The predicted molar refractivity (Wildman–Crippen MR) is 81.0 cm³/mol. The van der Waals surface area contributed by atoms with Gasteiger partial charge in [-0.25, -0.2) is 4.98 Å². The smallest absolute Gasteiger partial charge is 0.115 e. The SMILES string of the molecule is Cc1nc2ccc(NC(C)c3cccc(O)c3)cc2[nH]1. The zero-order valence-corrected chi connectivity index (χ0v) is 11.5. The molecule has 0 amide bonds. The van der Waals surface area contributed by atoms with Gasteiger partial charge in [0.05, 0.1) is 11.0 Å². The summed E-state index contributed by atoms with van der Waals surface area (Å²) in [7, 11) is 0. The molecule has 4 nitrogen and oxygen atoms in total. The van der Waals surface area contributed by atoms with Crippen LogP contribution >= 0.6 is 0 Å². The molecule has 0 spiro atoms. The third-order valence-electron chi connectivity index (χ3n) is 3.35. The number of rotatable bonds is 3. The Bertz CT molecular complexity index is 748. The van der Waals surface area contributed by atoms with Gasteiger partial charge < -0.3 is 15.4 Å². The maximum absolute atomic E-state index is 9.53. The van der Waals surface area contributed by atoms with Crippen molar-refractivity contribution in [1.82, 2.24) is 9.97 Å². The Morgan fingerprint density at radius 1 is 1.20 bits per heavy atom. The van der Waals surface area contributed by atoms with Crippen LogP contribution in [0.4, 0.5) is 5.69 Å². The zero-order chi connectivity index (χ0) is 14.1. The van der Waals surface area contributed by atoms with Crippen LogP contribution in [-0.4, -0.2) is 15.1 Å². The van der Waals surface area contributed by atoms with Crippen molar-refractivity contribution in [3.63, 3.8) is 0 Å². The number of phenolic OH excluding ortho intramolecular Hbond substituents is 1. The van der Waals surface area contributed by atoms with Crippen LogP contribution in [0.1, 0.15) is 24.4 Å². The molecular formula is C16H17N3O. The molecule has 3 N–H and O–H groups in total. The van der Waals surface area contributed by atoms with Crippen LogP contribution in [0.3, 0.4) is 0 Å². The van der Waals surface area contributed by atoms with E-state index in [1.54, 1.807) is 12.1 Å². The number of H-pyrrole nitrogens is 1. The molecule has 1 atom stereocenters. The summed E-state index contributed by atoms with van der Waals surface area (Å²) in [6.45, 7) is 4.01. The number of aromatic hydroxyl groups is 1. The summed E-state index contributed by atoms with van der Waals surface area (Å²) in [4.78, 5) is 7.62. The maximum atomic E-state index is 9.53. The average Bonchev–Trinajstić information content (AvgIpc) is 2.78. The number of hydrogen-bond acceptors (Lipinski definition) is 3. The predicted octanol–water partition coefficient (Wildman–Crippen LogP) is 3.75. The van der Waals surface area contributed by atoms with Crippen LogP contribution in [0.5, 0.6) is 5.75 Å². The zero-order valence-electron chi connectivity index (χ0n) is 11.5. The molecular weight excluding hydrogens is 250 g/mol. The number of phenols is 1. The molecule has 0 aliphatic heterocycles. The van der Waals surface area contributed by atoms with Gasteiger partial charge in [0.25, 0.3) is 0 Å². The van der Waals surface area contributed by atoms with Crippen LogP contribution in [0.25, 0.3) is 11.0 Å². The highest BCUT2D eigenvalue weighted by Crippen LogP contribution is 2.24. The second-order valence-corrected chi connectivity index (χ2v) is 5.02. The maximum Gasteiger partial charge on any atom is 0.115 e. The van der Waals surface area contributed by atoms with Crippen molar-refractivity contribution in [1.29, 1.82) is 0 Å². The van der Waals surface area contributed by atoms with Crippen LogP contribution in [0.15, 0.2) is 42.5 Å². The molecule has 1 heterocycles. The Morgan fingerprint density at radius 2 is 2.05 bits per heavy atom. The van der Waals surface area contributed by atoms with Gasteiger partial charge in [-0.15, -0.1) is 0 Å². The molecule has 3 aromatic rings.